The van der Waals surface area contributed by atoms with Crippen molar-refractivity contribution in [1.82, 2.24) is 4.98 Å². The molecule has 8 rings (SSSR count). The summed E-state index contributed by atoms with van der Waals surface area (Å²) in [5.41, 5.74) is 9.13. The standard InChI is InChI=1S/C40H24F3NO/c41-40(42,43)35-18-15-26(16-19-35)25-3-5-27(6-4-25)30-11-13-33-23-31(12-14-32(33)22-30)28-7-9-29(10-8-28)34-17-20-38-37(24-34)36-2-1-21-44-39(36)45-38/h1-24H. The van der Waals surface area contributed by atoms with E-state index in [1.165, 1.54) is 12.1 Å². The Labute approximate surface area is 257 Å². The van der Waals surface area contributed by atoms with Gasteiger partial charge in [0.15, 0.2) is 0 Å². The van der Waals surface area contributed by atoms with Gasteiger partial charge in [0, 0.05) is 17.0 Å². The van der Waals surface area contributed by atoms with Gasteiger partial charge in [-0.2, -0.15) is 13.2 Å². The maximum atomic E-state index is 12.9. The molecule has 0 amide bonds. The van der Waals surface area contributed by atoms with Gasteiger partial charge in [-0.3, -0.25) is 0 Å². The molecule has 2 aromatic heterocycles. The molecular weight excluding hydrogens is 567 g/mol. The molecule has 0 spiro atoms. The number of hydrogen-bond acceptors (Lipinski definition) is 2. The number of pyridine rings is 1. The second-order valence-electron chi connectivity index (χ2n) is 11.2. The number of alkyl halides is 3. The molecule has 0 aliphatic carbocycles. The molecule has 0 N–H and O–H groups in total. The molecule has 0 atom stereocenters. The maximum absolute atomic E-state index is 12.9. The Balaban J connectivity index is 1.02. The van der Waals surface area contributed by atoms with E-state index in [1.54, 1.807) is 6.20 Å². The number of hydrogen-bond donors (Lipinski definition) is 0. The summed E-state index contributed by atoms with van der Waals surface area (Å²) in [5, 5.41) is 4.35. The van der Waals surface area contributed by atoms with Crippen molar-refractivity contribution in [2.24, 2.45) is 0 Å². The quantitative estimate of drug-likeness (QED) is 0.203. The molecule has 45 heavy (non-hydrogen) atoms. The highest BCUT2D eigenvalue weighted by atomic mass is 19.4. The van der Waals surface area contributed by atoms with Crippen molar-refractivity contribution in [2.75, 3.05) is 0 Å². The average molecular weight is 592 g/mol. The molecule has 5 heteroatoms. The summed E-state index contributed by atoms with van der Waals surface area (Å²) in [6.07, 6.45) is -2.60. The van der Waals surface area contributed by atoms with Crippen LogP contribution >= 0.6 is 0 Å². The fourth-order valence-corrected chi connectivity index (χ4v) is 5.96. The molecule has 0 aliphatic rings. The topological polar surface area (TPSA) is 26.0 Å². The van der Waals surface area contributed by atoms with Gasteiger partial charge < -0.3 is 4.42 Å². The zero-order chi connectivity index (χ0) is 30.5. The first kappa shape index (κ1) is 26.9. The average Bonchev–Trinajstić information content (AvgIpc) is 3.46. The normalized spacial score (nSPS) is 11.9. The van der Waals surface area contributed by atoms with Gasteiger partial charge in [0.1, 0.15) is 5.58 Å². The van der Waals surface area contributed by atoms with Gasteiger partial charge in [-0.1, -0.05) is 91.0 Å². The van der Waals surface area contributed by atoms with Crippen LogP contribution < -0.4 is 0 Å². The third-order valence-corrected chi connectivity index (χ3v) is 8.40. The molecule has 216 valence electrons. The molecule has 0 unspecified atom stereocenters. The third-order valence-electron chi connectivity index (χ3n) is 8.40. The molecule has 0 saturated heterocycles. The van der Waals surface area contributed by atoms with Gasteiger partial charge in [0.25, 0.3) is 0 Å². The largest absolute Gasteiger partial charge is 0.438 e. The summed E-state index contributed by atoms with van der Waals surface area (Å²) in [5.74, 6) is 0. The van der Waals surface area contributed by atoms with Gasteiger partial charge >= 0.3 is 6.18 Å². The first-order chi connectivity index (χ1) is 21.9. The highest BCUT2D eigenvalue weighted by molar-refractivity contribution is 6.05. The van der Waals surface area contributed by atoms with Crippen molar-refractivity contribution in [2.45, 2.75) is 6.18 Å². The van der Waals surface area contributed by atoms with Crippen LogP contribution in [0.4, 0.5) is 13.2 Å². The fraction of sp³-hybridized carbons (Fsp3) is 0.0250. The summed E-state index contributed by atoms with van der Waals surface area (Å²) in [6, 6.07) is 44.9. The second kappa shape index (κ2) is 10.5. The molecule has 0 radical (unpaired) electrons. The molecular formula is C40H24F3NO. The monoisotopic (exact) mass is 591 g/mol. The number of nitrogens with zero attached hydrogens (tertiary/aromatic N) is 1. The molecule has 6 aromatic carbocycles. The van der Waals surface area contributed by atoms with Crippen molar-refractivity contribution >= 4 is 32.8 Å². The van der Waals surface area contributed by atoms with Crippen molar-refractivity contribution in [3.63, 3.8) is 0 Å². The van der Waals surface area contributed by atoms with E-state index in [-0.39, 0.29) is 0 Å². The number of benzene rings is 6. The Bertz CT molecular complexity index is 2330. The van der Waals surface area contributed by atoms with Crippen LogP contribution in [0.25, 0.3) is 77.3 Å². The second-order valence-corrected chi connectivity index (χ2v) is 11.2. The fourth-order valence-electron chi connectivity index (χ4n) is 5.96. The van der Waals surface area contributed by atoms with E-state index in [0.717, 1.165) is 83.8 Å². The Morgan fingerprint density at radius 3 is 1.42 bits per heavy atom. The lowest BCUT2D eigenvalue weighted by molar-refractivity contribution is -0.137. The van der Waals surface area contributed by atoms with Gasteiger partial charge in [0.2, 0.25) is 5.71 Å². The number of halogens is 3. The van der Waals surface area contributed by atoms with Crippen LogP contribution in [-0.2, 0) is 6.18 Å². The van der Waals surface area contributed by atoms with E-state index in [4.69, 9.17) is 4.42 Å². The Morgan fingerprint density at radius 2 is 0.889 bits per heavy atom. The predicted octanol–water partition coefficient (Wildman–Crippen LogP) is 11.8. The smallest absolute Gasteiger partial charge is 0.416 e. The highest BCUT2D eigenvalue weighted by Crippen LogP contribution is 2.35. The maximum Gasteiger partial charge on any atom is 0.416 e. The van der Waals surface area contributed by atoms with Crippen LogP contribution in [-0.4, -0.2) is 4.98 Å². The Kier molecular flexibility index (Phi) is 6.27. The van der Waals surface area contributed by atoms with Gasteiger partial charge in [0.05, 0.1) is 5.56 Å². The van der Waals surface area contributed by atoms with E-state index in [2.05, 4.69) is 77.8 Å². The van der Waals surface area contributed by atoms with Gasteiger partial charge in [-0.05, 0) is 104 Å². The molecule has 0 bridgehead atoms. The number of furan rings is 1. The minimum atomic E-state index is -4.34. The number of aromatic nitrogens is 1. The summed E-state index contributed by atoms with van der Waals surface area (Å²) < 4.78 is 44.6. The van der Waals surface area contributed by atoms with Crippen LogP contribution in [0.15, 0.2) is 150 Å². The Hall–Kier alpha value is -5.68. The molecule has 2 heterocycles. The minimum Gasteiger partial charge on any atom is -0.438 e. The molecule has 0 saturated carbocycles. The first-order valence-electron chi connectivity index (χ1n) is 14.6. The van der Waals surface area contributed by atoms with Gasteiger partial charge in [-0.25, -0.2) is 4.98 Å². The molecule has 8 aromatic rings. The highest BCUT2D eigenvalue weighted by Gasteiger charge is 2.30. The van der Waals surface area contributed by atoms with E-state index >= 15 is 0 Å². The van der Waals surface area contributed by atoms with Crippen LogP contribution in [0.3, 0.4) is 0 Å². The van der Waals surface area contributed by atoms with Crippen LogP contribution in [0.2, 0.25) is 0 Å². The van der Waals surface area contributed by atoms with Crippen LogP contribution in [0.1, 0.15) is 5.56 Å². The predicted molar refractivity (Wildman–Crippen MR) is 176 cm³/mol. The van der Waals surface area contributed by atoms with Crippen molar-refractivity contribution in [3.05, 3.63) is 151 Å². The van der Waals surface area contributed by atoms with Crippen molar-refractivity contribution in [3.8, 4) is 44.5 Å². The molecule has 0 fully saturated rings. The lowest BCUT2D eigenvalue weighted by Gasteiger charge is -2.10. The van der Waals surface area contributed by atoms with Crippen LogP contribution in [0.5, 0.6) is 0 Å². The third kappa shape index (κ3) is 5.02. The lowest BCUT2D eigenvalue weighted by atomic mass is 9.95. The Morgan fingerprint density at radius 1 is 0.444 bits per heavy atom. The first-order valence-corrected chi connectivity index (χ1v) is 14.6. The summed E-state index contributed by atoms with van der Waals surface area (Å²) in [4.78, 5) is 4.34. The molecule has 0 aliphatic heterocycles. The minimum absolute atomic E-state index is 0.644. The van der Waals surface area contributed by atoms with Crippen LogP contribution in [0, 0.1) is 0 Å². The number of rotatable bonds is 4. The van der Waals surface area contributed by atoms with E-state index in [9.17, 15) is 13.2 Å². The summed E-state index contributed by atoms with van der Waals surface area (Å²) in [7, 11) is 0. The zero-order valence-corrected chi connectivity index (χ0v) is 23.8. The SMILES string of the molecule is FC(F)(F)c1ccc(-c2ccc(-c3ccc4cc(-c5ccc(-c6ccc7oc8ncccc8c7c6)cc5)ccc4c3)cc2)cc1. The molecule has 2 nitrogen and oxygen atoms in total. The van der Waals surface area contributed by atoms with Crippen molar-refractivity contribution in [1.29, 1.82) is 0 Å². The summed E-state index contributed by atoms with van der Waals surface area (Å²) in [6.45, 7) is 0. The van der Waals surface area contributed by atoms with E-state index < -0.39 is 11.7 Å². The van der Waals surface area contributed by atoms with Crippen molar-refractivity contribution < 1.29 is 17.6 Å². The van der Waals surface area contributed by atoms with E-state index in [1.807, 2.05) is 42.5 Å². The lowest BCUT2D eigenvalue weighted by Crippen LogP contribution is -2.03. The summed E-state index contributed by atoms with van der Waals surface area (Å²) >= 11 is 0. The van der Waals surface area contributed by atoms with Gasteiger partial charge in [-0.15, -0.1) is 0 Å². The number of fused-ring (bicyclic) bond motifs is 4. The van der Waals surface area contributed by atoms with E-state index in [0.29, 0.717) is 5.71 Å². The zero-order valence-electron chi connectivity index (χ0n) is 23.8.